The minimum atomic E-state index is -0.640. The average molecular weight is 263 g/mol. The number of halogens is 2. The Kier molecular flexibility index (Phi) is 4.16. The number of benzene rings is 1. The molecule has 0 aliphatic heterocycles. The molecule has 3 nitrogen and oxygen atoms in total. The van der Waals surface area contributed by atoms with Crippen molar-refractivity contribution in [3.8, 4) is 0 Å². The number of rotatable bonds is 4. The van der Waals surface area contributed by atoms with Crippen LogP contribution in [-0.2, 0) is 0 Å². The lowest BCUT2D eigenvalue weighted by atomic mass is 10.0. The lowest BCUT2D eigenvalue weighted by Gasteiger charge is -2.18. The molecule has 0 spiro atoms. The molecule has 2 aromatic rings. The van der Waals surface area contributed by atoms with E-state index in [0.717, 1.165) is 5.69 Å². The third-order valence-corrected chi connectivity index (χ3v) is 2.79. The maximum atomic E-state index is 13.9. The molecular formula is C14H15F2N3. The summed E-state index contributed by atoms with van der Waals surface area (Å²) in [5.41, 5.74) is 1.23. The summed E-state index contributed by atoms with van der Waals surface area (Å²) < 4.78 is 27.7. The zero-order valence-corrected chi connectivity index (χ0v) is 10.8. The summed E-state index contributed by atoms with van der Waals surface area (Å²) in [5.74, 6) is -1.18. The van der Waals surface area contributed by atoms with Crippen LogP contribution < -0.4 is 5.32 Å². The summed E-state index contributed by atoms with van der Waals surface area (Å²) in [4.78, 5) is 8.32. The van der Waals surface area contributed by atoms with Crippen molar-refractivity contribution < 1.29 is 8.78 Å². The van der Waals surface area contributed by atoms with Crippen LogP contribution in [0.3, 0.4) is 0 Å². The molecular weight excluding hydrogens is 248 g/mol. The second-order valence-corrected chi connectivity index (χ2v) is 4.21. The van der Waals surface area contributed by atoms with Gasteiger partial charge in [-0.3, -0.25) is 9.97 Å². The largest absolute Gasteiger partial charge is 0.305 e. The van der Waals surface area contributed by atoms with Gasteiger partial charge in [0.2, 0.25) is 0 Å². The Morgan fingerprint density at radius 3 is 2.37 bits per heavy atom. The normalized spacial score (nSPS) is 12.4. The van der Waals surface area contributed by atoms with Gasteiger partial charge in [0, 0.05) is 11.8 Å². The molecule has 0 saturated carbocycles. The molecule has 1 N–H and O–H groups in total. The maximum Gasteiger partial charge on any atom is 0.131 e. The van der Waals surface area contributed by atoms with E-state index < -0.39 is 17.7 Å². The van der Waals surface area contributed by atoms with Crippen LogP contribution in [-0.4, -0.2) is 16.5 Å². The molecule has 0 fully saturated rings. The van der Waals surface area contributed by atoms with Gasteiger partial charge >= 0.3 is 0 Å². The minimum absolute atomic E-state index is 0.0255. The van der Waals surface area contributed by atoms with Crippen LogP contribution in [0.5, 0.6) is 0 Å². The second kappa shape index (κ2) is 5.84. The lowest BCUT2D eigenvalue weighted by Crippen LogP contribution is -2.25. The molecule has 1 aromatic heterocycles. The van der Waals surface area contributed by atoms with E-state index in [1.807, 2.05) is 13.8 Å². The maximum absolute atomic E-state index is 13.9. The number of aromatic nitrogens is 2. The van der Waals surface area contributed by atoms with Crippen molar-refractivity contribution in [1.82, 2.24) is 15.3 Å². The van der Waals surface area contributed by atoms with Crippen LogP contribution in [0.2, 0.25) is 0 Å². The van der Waals surface area contributed by atoms with Crippen molar-refractivity contribution in [3.05, 3.63) is 59.2 Å². The van der Waals surface area contributed by atoms with Crippen molar-refractivity contribution >= 4 is 0 Å². The monoisotopic (exact) mass is 263 g/mol. The first-order chi connectivity index (χ1) is 9.13. The van der Waals surface area contributed by atoms with Crippen molar-refractivity contribution in [2.75, 3.05) is 6.54 Å². The fourth-order valence-corrected chi connectivity index (χ4v) is 1.90. The zero-order valence-electron chi connectivity index (χ0n) is 10.8. The SMILES string of the molecule is CCNC(c1cnc(C)cn1)c1c(F)cccc1F. The highest BCUT2D eigenvalue weighted by Crippen LogP contribution is 2.25. The molecule has 1 heterocycles. The Labute approximate surface area is 110 Å². The van der Waals surface area contributed by atoms with Crippen LogP contribution >= 0.6 is 0 Å². The van der Waals surface area contributed by atoms with Crippen LogP contribution in [0.25, 0.3) is 0 Å². The Bertz CT molecular complexity index is 535. The number of hydrogen-bond acceptors (Lipinski definition) is 3. The Balaban J connectivity index is 2.48. The highest BCUT2D eigenvalue weighted by atomic mass is 19.1. The van der Waals surface area contributed by atoms with E-state index in [0.29, 0.717) is 12.2 Å². The van der Waals surface area contributed by atoms with Crippen LogP contribution in [0.1, 0.15) is 29.9 Å². The van der Waals surface area contributed by atoms with E-state index in [1.165, 1.54) is 24.4 Å². The molecule has 0 aliphatic carbocycles. The van der Waals surface area contributed by atoms with Gasteiger partial charge in [-0.15, -0.1) is 0 Å². The van der Waals surface area contributed by atoms with Gasteiger partial charge in [-0.25, -0.2) is 8.78 Å². The number of hydrogen-bond donors (Lipinski definition) is 1. The predicted molar refractivity (Wildman–Crippen MR) is 68.6 cm³/mol. The molecule has 0 radical (unpaired) electrons. The summed E-state index contributed by atoms with van der Waals surface area (Å²) in [6.07, 6.45) is 3.12. The molecule has 19 heavy (non-hydrogen) atoms. The topological polar surface area (TPSA) is 37.8 Å². The molecule has 1 atom stereocenters. The first-order valence-electron chi connectivity index (χ1n) is 6.09. The van der Waals surface area contributed by atoms with Crippen molar-refractivity contribution in [2.24, 2.45) is 0 Å². The number of nitrogens with zero attached hydrogens (tertiary/aromatic N) is 2. The Morgan fingerprint density at radius 2 is 1.84 bits per heavy atom. The van der Waals surface area contributed by atoms with Gasteiger partial charge in [-0.1, -0.05) is 13.0 Å². The number of aryl methyl sites for hydroxylation is 1. The van der Waals surface area contributed by atoms with Crippen LogP contribution in [0.4, 0.5) is 8.78 Å². The summed E-state index contributed by atoms with van der Waals surface area (Å²) in [5, 5.41) is 3.03. The molecule has 100 valence electrons. The molecule has 5 heteroatoms. The van der Waals surface area contributed by atoms with Gasteiger partial charge in [0.1, 0.15) is 11.6 Å². The third kappa shape index (κ3) is 2.93. The van der Waals surface area contributed by atoms with E-state index in [9.17, 15) is 8.78 Å². The summed E-state index contributed by atoms with van der Waals surface area (Å²) >= 11 is 0. The fraction of sp³-hybridized carbons (Fsp3) is 0.286. The van der Waals surface area contributed by atoms with E-state index in [-0.39, 0.29) is 5.56 Å². The third-order valence-electron chi connectivity index (χ3n) is 2.79. The molecule has 0 saturated heterocycles. The van der Waals surface area contributed by atoms with Gasteiger partial charge in [-0.2, -0.15) is 0 Å². The molecule has 0 amide bonds. The Morgan fingerprint density at radius 1 is 1.16 bits per heavy atom. The predicted octanol–water partition coefficient (Wildman–Crippen LogP) is 2.76. The van der Waals surface area contributed by atoms with Gasteiger partial charge in [0.15, 0.2) is 0 Å². The zero-order chi connectivity index (χ0) is 13.8. The van der Waals surface area contributed by atoms with E-state index in [1.54, 1.807) is 6.20 Å². The van der Waals surface area contributed by atoms with E-state index >= 15 is 0 Å². The molecule has 1 aromatic carbocycles. The molecule has 1 unspecified atom stereocenters. The average Bonchev–Trinajstić information content (AvgIpc) is 2.38. The lowest BCUT2D eigenvalue weighted by molar-refractivity contribution is 0.504. The Hall–Kier alpha value is -1.88. The smallest absolute Gasteiger partial charge is 0.131 e. The molecule has 0 aliphatic rings. The van der Waals surface area contributed by atoms with Gasteiger partial charge in [0.05, 0.1) is 23.6 Å². The summed E-state index contributed by atoms with van der Waals surface area (Å²) in [7, 11) is 0. The highest BCUT2D eigenvalue weighted by Gasteiger charge is 2.22. The minimum Gasteiger partial charge on any atom is -0.305 e. The van der Waals surface area contributed by atoms with Gasteiger partial charge in [-0.05, 0) is 25.6 Å². The summed E-state index contributed by atoms with van der Waals surface area (Å²) in [6.45, 7) is 4.24. The van der Waals surface area contributed by atoms with Gasteiger partial charge in [0.25, 0.3) is 0 Å². The van der Waals surface area contributed by atoms with E-state index in [4.69, 9.17) is 0 Å². The molecule has 2 rings (SSSR count). The van der Waals surface area contributed by atoms with Crippen LogP contribution in [0, 0.1) is 18.6 Å². The summed E-state index contributed by atoms with van der Waals surface area (Å²) in [6, 6.07) is 3.19. The van der Waals surface area contributed by atoms with Crippen molar-refractivity contribution in [3.63, 3.8) is 0 Å². The van der Waals surface area contributed by atoms with Gasteiger partial charge < -0.3 is 5.32 Å². The highest BCUT2D eigenvalue weighted by molar-refractivity contribution is 5.29. The second-order valence-electron chi connectivity index (χ2n) is 4.21. The first-order valence-corrected chi connectivity index (χ1v) is 6.09. The number of nitrogens with one attached hydrogen (secondary N) is 1. The van der Waals surface area contributed by atoms with Crippen molar-refractivity contribution in [1.29, 1.82) is 0 Å². The molecule has 0 bridgehead atoms. The van der Waals surface area contributed by atoms with Crippen molar-refractivity contribution in [2.45, 2.75) is 19.9 Å². The standard InChI is InChI=1S/C14H15F2N3/c1-3-17-14(12-8-18-9(2)7-19-12)13-10(15)5-4-6-11(13)16/h4-8,14,17H,3H2,1-2H3. The fourth-order valence-electron chi connectivity index (χ4n) is 1.90. The van der Waals surface area contributed by atoms with E-state index in [2.05, 4.69) is 15.3 Å². The quantitative estimate of drug-likeness (QED) is 0.921. The van der Waals surface area contributed by atoms with Crippen LogP contribution in [0.15, 0.2) is 30.6 Å². The first kappa shape index (κ1) is 13.5.